The van der Waals surface area contributed by atoms with Crippen LogP contribution in [0.25, 0.3) is 99.9 Å². The fourth-order valence-corrected chi connectivity index (χ4v) is 13.3. The van der Waals surface area contributed by atoms with E-state index in [2.05, 4.69) is 259 Å². The predicted octanol–water partition coefficient (Wildman–Crippen LogP) is 23.4. The smallest absolute Gasteiger partial charge is 0.115 e. The molecule has 505 valence electrons. The van der Waals surface area contributed by atoms with E-state index in [9.17, 15) is 0 Å². The summed E-state index contributed by atoms with van der Waals surface area (Å²) in [4.78, 5) is 4.27. The second kappa shape index (κ2) is 30.5. The zero-order valence-electron chi connectivity index (χ0n) is 60.1. The number of hydrogen-bond donors (Lipinski definition) is 0. The van der Waals surface area contributed by atoms with Crippen molar-refractivity contribution in [2.75, 3.05) is 0 Å². The van der Waals surface area contributed by atoms with Gasteiger partial charge in [0.1, 0.15) is 5.69 Å². The van der Waals surface area contributed by atoms with Crippen LogP contribution in [0.3, 0.4) is 0 Å². The summed E-state index contributed by atoms with van der Waals surface area (Å²) < 4.78 is 8.61. The van der Waals surface area contributed by atoms with Crippen LogP contribution in [0, 0.1) is 55.7 Å². The molecule has 6 heteroatoms. The number of hydrogen-bond acceptors (Lipinski definition) is 1. The molecule has 0 saturated heterocycles. The Hall–Kier alpha value is -9.84. The molecule has 0 bridgehead atoms. The van der Waals surface area contributed by atoms with Gasteiger partial charge in [-0.1, -0.05) is 186 Å². The largest absolute Gasteiger partial charge is 0.343 e. The fraction of sp³-hybridized carbons (Fsp3) is 0.215. The molecule has 14 aromatic rings. The van der Waals surface area contributed by atoms with Crippen molar-refractivity contribution in [1.29, 1.82) is 0 Å². The predicted molar refractivity (Wildman–Crippen MR) is 416 cm³/mol. The van der Waals surface area contributed by atoms with Gasteiger partial charge in [-0.15, -0.1) is 65.7 Å². The van der Waals surface area contributed by atoms with Gasteiger partial charge in [0.25, 0.3) is 0 Å². The van der Waals surface area contributed by atoms with E-state index in [1.165, 1.54) is 88.4 Å². The molecule has 1 radical (unpaired) electrons. The van der Waals surface area contributed by atoms with Crippen molar-refractivity contribution in [3.05, 3.63) is 335 Å². The van der Waals surface area contributed by atoms with Crippen LogP contribution in [0.4, 0.5) is 0 Å². The summed E-state index contributed by atoms with van der Waals surface area (Å²) in [6.45, 7) is 35.9. The SMILES string of the molecule is CC(C)(C)Cc1ccc2c(c1)c1cc(CC(C)(C)C)ccc1n2-c1ccc(-c2ccc(-n3c4ccc(CC(C)(C)C)cc4c4cc(CC(C)(C)C)ccc43)cc2)cc1.[CH2-][n+]1ccccc1-c1[c-]cccc1.[CH2-]c1ccccc1-c1cccc[n+]1[CH2-].[CH2-]c1ccccc1-c1ccccn1.[Ir]. The van der Waals surface area contributed by atoms with E-state index in [0.717, 1.165) is 70.6 Å². The van der Waals surface area contributed by atoms with Crippen LogP contribution in [-0.2, 0) is 45.8 Å². The molecule has 0 fully saturated rings. The minimum absolute atomic E-state index is 0. The molecule has 0 saturated carbocycles. The third-order valence-corrected chi connectivity index (χ3v) is 17.4. The Bertz CT molecular complexity index is 4560. The van der Waals surface area contributed by atoms with Crippen LogP contribution in [0.2, 0.25) is 0 Å². The second-order valence-corrected chi connectivity index (χ2v) is 31.0. The first kappa shape index (κ1) is 71.9. The standard InChI is InChI=1S/C56H64N2.C13H12N.2C12H10N.Ir/c1-53(2,3)33-37-13-25-49-45(29-37)46-30-38(34-54(4,5)6)14-26-50(46)57(49)43-21-17-41(18-22-43)42-19-23-44(24-20-42)58-51-27-15-39(35-55(7,8)9)31-47(51)48-32-40(16-28-52(48)58)36-56(10,11)12;1-11-7-3-4-8-12(11)13-9-5-6-10-14(13)2;1-10-6-2-3-7-11(10)12-8-4-5-9-13-12;1-13-10-6-5-9-12(13)11-7-3-2-4-8-11;/h13-32H,33-36H2,1-12H3;3-10H,1-2H2;2-9H,1H2;2-7,9-10H,1H2;/q;3*-1;. The van der Waals surface area contributed by atoms with Gasteiger partial charge in [0.2, 0.25) is 0 Å². The van der Waals surface area contributed by atoms with Crippen molar-refractivity contribution in [3.63, 3.8) is 0 Å². The molecular formula is C93H96IrN5-3. The molecule has 0 unspecified atom stereocenters. The van der Waals surface area contributed by atoms with Crippen LogP contribution in [0.15, 0.2) is 267 Å². The third kappa shape index (κ3) is 18.1. The summed E-state index contributed by atoms with van der Waals surface area (Å²) in [5.41, 5.74) is 24.9. The maximum Gasteiger partial charge on any atom is 0.115 e. The summed E-state index contributed by atoms with van der Waals surface area (Å²) in [6.07, 6.45) is 9.87. The van der Waals surface area contributed by atoms with Gasteiger partial charge in [0, 0.05) is 79.0 Å². The monoisotopic (exact) mass is 1480 g/mol. The van der Waals surface area contributed by atoms with Gasteiger partial charge < -0.3 is 18.3 Å². The van der Waals surface area contributed by atoms with E-state index in [1.807, 2.05) is 143 Å². The maximum absolute atomic E-state index is 4.27. The first-order valence-corrected chi connectivity index (χ1v) is 34.4. The van der Waals surface area contributed by atoms with Gasteiger partial charge in [-0.05, 0) is 172 Å². The molecule has 5 heterocycles. The maximum atomic E-state index is 4.27. The Kier molecular flexibility index (Phi) is 22.2. The molecule has 0 aliphatic rings. The molecule has 0 aliphatic carbocycles. The normalized spacial score (nSPS) is 11.7. The van der Waals surface area contributed by atoms with Crippen LogP contribution < -0.4 is 9.13 Å². The zero-order valence-corrected chi connectivity index (χ0v) is 62.5. The third-order valence-electron chi connectivity index (χ3n) is 17.4. The quantitative estimate of drug-likeness (QED) is 0.0991. The van der Waals surface area contributed by atoms with Crippen molar-refractivity contribution in [1.82, 2.24) is 14.1 Å². The minimum Gasteiger partial charge on any atom is -0.343 e. The summed E-state index contributed by atoms with van der Waals surface area (Å²) in [6, 6.07) is 91.8. The van der Waals surface area contributed by atoms with Crippen LogP contribution >= 0.6 is 0 Å². The summed E-state index contributed by atoms with van der Waals surface area (Å²) in [5.74, 6) is 0. The number of fused-ring (bicyclic) bond motifs is 6. The van der Waals surface area contributed by atoms with E-state index in [4.69, 9.17) is 0 Å². The fourth-order valence-electron chi connectivity index (χ4n) is 13.3. The average Bonchev–Trinajstić information content (AvgIpc) is 1.60. The van der Waals surface area contributed by atoms with Crippen molar-refractivity contribution >= 4 is 43.6 Å². The van der Waals surface area contributed by atoms with Gasteiger partial charge in [0.05, 0.1) is 40.2 Å². The van der Waals surface area contributed by atoms with E-state index in [-0.39, 0.29) is 41.8 Å². The number of rotatable bonds is 10. The van der Waals surface area contributed by atoms with Crippen LogP contribution in [0.5, 0.6) is 0 Å². The van der Waals surface area contributed by atoms with Crippen molar-refractivity contribution in [2.45, 2.75) is 109 Å². The molecule has 0 aliphatic heterocycles. The van der Waals surface area contributed by atoms with E-state index in [1.54, 1.807) is 6.20 Å². The molecule has 0 atom stereocenters. The Balaban J connectivity index is 0.000000205. The zero-order chi connectivity index (χ0) is 69.5. The van der Waals surface area contributed by atoms with Crippen LogP contribution in [-0.4, -0.2) is 14.1 Å². The number of benzene rings is 9. The van der Waals surface area contributed by atoms with Gasteiger partial charge in [-0.2, -0.15) is 37.1 Å². The summed E-state index contributed by atoms with van der Waals surface area (Å²) in [5, 5.41) is 5.36. The topological polar surface area (TPSA) is 30.5 Å². The van der Waals surface area contributed by atoms with Gasteiger partial charge in [0.15, 0.2) is 0 Å². The molecule has 9 aromatic carbocycles. The molecule has 0 spiro atoms. The summed E-state index contributed by atoms with van der Waals surface area (Å²) >= 11 is 0. The average molecular weight is 1480 g/mol. The van der Waals surface area contributed by atoms with Crippen molar-refractivity contribution in [3.8, 4) is 56.3 Å². The van der Waals surface area contributed by atoms with Gasteiger partial charge in [-0.3, -0.25) is 4.98 Å². The van der Waals surface area contributed by atoms with Crippen molar-refractivity contribution in [2.24, 2.45) is 21.7 Å². The molecule has 99 heavy (non-hydrogen) atoms. The number of pyridine rings is 3. The number of aromatic nitrogens is 5. The van der Waals surface area contributed by atoms with Crippen molar-refractivity contribution < 1.29 is 29.2 Å². The minimum atomic E-state index is 0. The molecular weight excluding hydrogens is 1380 g/mol. The molecule has 0 N–H and O–H groups in total. The molecule has 5 nitrogen and oxygen atoms in total. The van der Waals surface area contributed by atoms with Gasteiger partial charge in [-0.25, -0.2) is 0 Å². The van der Waals surface area contributed by atoms with E-state index < -0.39 is 0 Å². The first-order valence-electron chi connectivity index (χ1n) is 34.4. The Morgan fingerprint density at radius 2 is 0.717 bits per heavy atom. The Morgan fingerprint density at radius 3 is 1.06 bits per heavy atom. The van der Waals surface area contributed by atoms with Gasteiger partial charge >= 0.3 is 0 Å². The van der Waals surface area contributed by atoms with E-state index in [0.29, 0.717) is 0 Å². The first-order chi connectivity index (χ1) is 46.7. The second-order valence-electron chi connectivity index (χ2n) is 31.0. The van der Waals surface area contributed by atoms with E-state index >= 15 is 0 Å². The summed E-state index contributed by atoms with van der Waals surface area (Å²) in [7, 11) is 7.82. The Labute approximate surface area is 604 Å². The molecule has 0 amide bonds. The number of nitrogens with zero attached hydrogens (tertiary/aromatic N) is 5. The Morgan fingerprint density at radius 1 is 0.364 bits per heavy atom. The molecule has 14 rings (SSSR count). The molecule has 5 aromatic heterocycles. The van der Waals surface area contributed by atoms with Crippen LogP contribution in [0.1, 0.15) is 116 Å².